The number of benzene rings is 1. The van der Waals surface area contributed by atoms with Gasteiger partial charge in [0.25, 0.3) is 0 Å². The van der Waals surface area contributed by atoms with Crippen molar-refractivity contribution in [1.82, 2.24) is 5.16 Å². The number of rotatable bonds is 6. The molecule has 0 fully saturated rings. The number of amides is 1. The van der Waals surface area contributed by atoms with Crippen LogP contribution in [0.2, 0.25) is 5.02 Å². The fourth-order valence-corrected chi connectivity index (χ4v) is 2.43. The number of esters is 1. The fraction of sp³-hybridized carbons (Fsp3) is 0.267. The van der Waals surface area contributed by atoms with Crippen molar-refractivity contribution < 1.29 is 18.8 Å². The Morgan fingerprint density at radius 2 is 2.17 bits per heavy atom. The summed E-state index contributed by atoms with van der Waals surface area (Å²) >= 11 is 7.07. The maximum absolute atomic E-state index is 12.0. The number of hydrogen-bond acceptors (Lipinski definition) is 6. The normalized spacial score (nSPS) is 11.8. The lowest BCUT2D eigenvalue weighted by Crippen LogP contribution is -2.24. The molecule has 2 rings (SSSR count). The molecular weight excluding hydrogens is 340 g/mol. The summed E-state index contributed by atoms with van der Waals surface area (Å²) in [7, 11) is 0. The van der Waals surface area contributed by atoms with Crippen molar-refractivity contribution in [1.29, 1.82) is 0 Å². The second kappa shape index (κ2) is 8.03. The highest BCUT2D eigenvalue weighted by atomic mass is 35.5. The van der Waals surface area contributed by atoms with Gasteiger partial charge in [-0.25, -0.2) is 0 Å². The summed E-state index contributed by atoms with van der Waals surface area (Å²) in [5, 5.41) is 6.19. The molecule has 2 aromatic rings. The second-order valence-electron chi connectivity index (χ2n) is 4.67. The number of nitrogens with zero attached hydrogens (tertiary/aromatic N) is 1. The van der Waals surface area contributed by atoms with Gasteiger partial charge in [0, 0.05) is 6.07 Å². The molecule has 23 heavy (non-hydrogen) atoms. The van der Waals surface area contributed by atoms with Crippen LogP contribution in [0.4, 0.5) is 5.82 Å². The van der Waals surface area contributed by atoms with Gasteiger partial charge < -0.3 is 14.6 Å². The molecule has 1 unspecified atom stereocenters. The van der Waals surface area contributed by atoms with Crippen LogP contribution in [0.5, 0.6) is 5.75 Å². The Balaban J connectivity index is 1.79. The summed E-state index contributed by atoms with van der Waals surface area (Å²) in [6.45, 7) is 3.42. The van der Waals surface area contributed by atoms with Gasteiger partial charge in [0.1, 0.15) is 11.5 Å². The van der Waals surface area contributed by atoms with Crippen LogP contribution in [0.1, 0.15) is 12.7 Å². The zero-order valence-electron chi connectivity index (χ0n) is 12.5. The SMILES string of the molecule is Cc1cc(NC(=O)C(C)SCC(=O)Oc2ccccc2Cl)no1. The summed E-state index contributed by atoms with van der Waals surface area (Å²) in [6.07, 6.45) is 0. The van der Waals surface area contributed by atoms with Crippen molar-refractivity contribution in [3.05, 3.63) is 41.1 Å². The average Bonchev–Trinajstić information content (AvgIpc) is 2.92. The van der Waals surface area contributed by atoms with Crippen LogP contribution >= 0.6 is 23.4 Å². The Bertz CT molecular complexity index is 704. The molecule has 1 heterocycles. The molecule has 0 aliphatic rings. The van der Waals surface area contributed by atoms with E-state index >= 15 is 0 Å². The van der Waals surface area contributed by atoms with Crippen LogP contribution in [-0.2, 0) is 9.59 Å². The molecule has 1 N–H and O–H groups in total. The Kier molecular flexibility index (Phi) is 6.06. The van der Waals surface area contributed by atoms with Crippen molar-refractivity contribution in [3.8, 4) is 5.75 Å². The molecule has 0 radical (unpaired) electrons. The molecule has 8 heteroatoms. The van der Waals surface area contributed by atoms with Crippen molar-refractivity contribution in [2.75, 3.05) is 11.1 Å². The van der Waals surface area contributed by atoms with Gasteiger partial charge in [-0.15, -0.1) is 11.8 Å². The van der Waals surface area contributed by atoms with E-state index in [1.54, 1.807) is 44.2 Å². The van der Waals surface area contributed by atoms with E-state index in [1.165, 1.54) is 0 Å². The van der Waals surface area contributed by atoms with E-state index < -0.39 is 11.2 Å². The first kappa shape index (κ1) is 17.4. The van der Waals surface area contributed by atoms with E-state index in [4.69, 9.17) is 20.9 Å². The number of carbonyl (C=O) groups is 2. The Morgan fingerprint density at radius 3 is 2.83 bits per heavy atom. The highest BCUT2D eigenvalue weighted by Crippen LogP contribution is 2.24. The van der Waals surface area contributed by atoms with Gasteiger partial charge >= 0.3 is 5.97 Å². The molecule has 0 saturated heterocycles. The molecular formula is C15H15ClN2O4S. The van der Waals surface area contributed by atoms with E-state index in [9.17, 15) is 9.59 Å². The highest BCUT2D eigenvalue weighted by molar-refractivity contribution is 8.01. The molecule has 0 aliphatic heterocycles. The third-order valence-corrected chi connectivity index (χ3v) is 4.19. The quantitative estimate of drug-likeness (QED) is 0.633. The minimum Gasteiger partial charge on any atom is -0.424 e. The largest absolute Gasteiger partial charge is 0.424 e. The standard InChI is InChI=1S/C15H15ClN2O4S/c1-9-7-13(18-22-9)17-15(20)10(2)23-8-14(19)21-12-6-4-3-5-11(12)16/h3-7,10H,8H2,1-2H3,(H,17,18,20). The highest BCUT2D eigenvalue weighted by Gasteiger charge is 2.18. The van der Waals surface area contributed by atoms with Crippen LogP contribution in [0.3, 0.4) is 0 Å². The summed E-state index contributed by atoms with van der Waals surface area (Å²) in [5.41, 5.74) is 0. The minimum absolute atomic E-state index is 0.0254. The molecule has 0 aliphatic carbocycles. The van der Waals surface area contributed by atoms with Crippen molar-refractivity contribution in [2.45, 2.75) is 19.1 Å². The summed E-state index contributed by atoms with van der Waals surface area (Å²) in [6, 6.07) is 8.31. The van der Waals surface area contributed by atoms with E-state index in [1.807, 2.05) is 0 Å². The van der Waals surface area contributed by atoms with E-state index in [0.29, 0.717) is 22.4 Å². The monoisotopic (exact) mass is 354 g/mol. The van der Waals surface area contributed by atoms with Crippen LogP contribution in [0.15, 0.2) is 34.9 Å². The van der Waals surface area contributed by atoms with Gasteiger partial charge in [0.15, 0.2) is 5.82 Å². The Morgan fingerprint density at radius 1 is 1.43 bits per heavy atom. The number of aryl methyl sites for hydroxylation is 1. The number of thioether (sulfide) groups is 1. The Hall–Kier alpha value is -1.99. The van der Waals surface area contributed by atoms with Crippen LogP contribution in [-0.4, -0.2) is 28.0 Å². The number of aromatic nitrogens is 1. The molecule has 1 atom stereocenters. The first-order valence-corrected chi connectivity index (χ1v) is 8.19. The smallest absolute Gasteiger partial charge is 0.321 e. The van der Waals surface area contributed by atoms with Crippen molar-refractivity contribution in [2.24, 2.45) is 0 Å². The third-order valence-electron chi connectivity index (χ3n) is 2.76. The van der Waals surface area contributed by atoms with Gasteiger partial charge in [-0.3, -0.25) is 9.59 Å². The lowest BCUT2D eigenvalue weighted by Gasteiger charge is -2.10. The third kappa shape index (κ3) is 5.30. The van der Waals surface area contributed by atoms with Crippen LogP contribution < -0.4 is 10.1 Å². The van der Waals surface area contributed by atoms with Gasteiger partial charge in [-0.05, 0) is 26.0 Å². The molecule has 1 aromatic heterocycles. The van der Waals surface area contributed by atoms with Crippen LogP contribution in [0.25, 0.3) is 0 Å². The fourth-order valence-electron chi connectivity index (χ4n) is 1.60. The molecule has 1 amide bonds. The number of nitrogens with one attached hydrogen (secondary N) is 1. The van der Waals surface area contributed by atoms with Gasteiger partial charge in [0.05, 0.1) is 16.0 Å². The van der Waals surface area contributed by atoms with Crippen molar-refractivity contribution >= 4 is 41.1 Å². The predicted octanol–water partition coefficient (Wildman–Crippen LogP) is 3.30. The average molecular weight is 355 g/mol. The number of anilines is 1. The van der Waals surface area contributed by atoms with Gasteiger partial charge in [0.2, 0.25) is 5.91 Å². The number of para-hydroxylation sites is 1. The summed E-state index contributed by atoms with van der Waals surface area (Å²) in [5.74, 6) is 0.531. The molecule has 0 spiro atoms. The van der Waals surface area contributed by atoms with Crippen LogP contribution in [0, 0.1) is 6.92 Å². The number of carbonyl (C=O) groups excluding carboxylic acids is 2. The zero-order valence-corrected chi connectivity index (χ0v) is 14.1. The Labute approximate surface area is 142 Å². The maximum Gasteiger partial charge on any atom is 0.321 e. The number of hydrogen-bond donors (Lipinski definition) is 1. The minimum atomic E-state index is -0.472. The van der Waals surface area contributed by atoms with E-state index in [-0.39, 0.29) is 11.7 Å². The van der Waals surface area contributed by atoms with E-state index in [0.717, 1.165) is 11.8 Å². The van der Waals surface area contributed by atoms with Gasteiger partial charge in [-0.2, -0.15) is 0 Å². The number of halogens is 1. The topological polar surface area (TPSA) is 81.4 Å². The first-order valence-electron chi connectivity index (χ1n) is 6.76. The lowest BCUT2D eigenvalue weighted by molar-refractivity contribution is -0.131. The van der Waals surface area contributed by atoms with Crippen molar-refractivity contribution in [3.63, 3.8) is 0 Å². The van der Waals surface area contributed by atoms with E-state index in [2.05, 4.69) is 10.5 Å². The summed E-state index contributed by atoms with van der Waals surface area (Å²) < 4.78 is 10.0. The first-order chi connectivity index (χ1) is 11.0. The second-order valence-corrected chi connectivity index (χ2v) is 6.41. The molecule has 122 valence electrons. The predicted molar refractivity (Wildman–Crippen MR) is 88.9 cm³/mol. The maximum atomic E-state index is 12.0. The lowest BCUT2D eigenvalue weighted by atomic mass is 10.3. The zero-order chi connectivity index (χ0) is 16.8. The summed E-state index contributed by atoms with van der Waals surface area (Å²) in [4.78, 5) is 23.8. The molecule has 0 saturated carbocycles. The molecule has 1 aromatic carbocycles. The molecule has 6 nitrogen and oxygen atoms in total. The molecule has 0 bridgehead atoms. The number of ether oxygens (including phenoxy) is 1. The van der Waals surface area contributed by atoms with Gasteiger partial charge in [-0.1, -0.05) is 28.9 Å².